The molecule has 1 aromatic heterocycles. The number of benzene rings is 1. The highest BCUT2D eigenvalue weighted by Gasteiger charge is 2.10. The molecule has 0 saturated carbocycles. The zero-order valence-corrected chi connectivity index (χ0v) is 23.9. The summed E-state index contributed by atoms with van der Waals surface area (Å²) in [6.07, 6.45) is 9.46. The van der Waals surface area contributed by atoms with Crippen LogP contribution >= 0.6 is 12.4 Å². The SMILES string of the molecule is CC/C(C)=c1\c(C)c(-c2ccc(F)cc2)[nH]\c1=C(/C)N=C(C)C.CCCCCCC(C)CC.Cl. The maximum absolute atomic E-state index is 13.2. The van der Waals surface area contributed by atoms with Crippen molar-refractivity contribution in [3.05, 3.63) is 46.2 Å². The zero-order chi connectivity index (χ0) is 25.0. The van der Waals surface area contributed by atoms with Crippen LogP contribution in [0.5, 0.6) is 0 Å². The maximum atomic E-state index is 13.2. The van der Waals surface area contributed by atoms with E-state index in [0.717, 1.165) is 40.4 Å². The molecule has 4 heteroatoms. The molecule has 0 bridgehead atoms. The summed E-state index contributed by atoms with van der Waals surface area (Å²) in [4.78, 5) is 8.13. The number of H-pyrrole nitrogens is 1. The minimum atomic E-state index is -0.219. The summed E-state index contributed by atoms with van der Waals surface area (Å²) in [5, 5.41) is 2.29. The second kappa shape index (κ2) is 16.7. The van der Waals surface area contributed by atoms with Crippen molar-refractivity contribution in [1.82, 2.24) is 4.98 Å². The van der Waals surface area contributed by atoms with Crippen LogP contribution in [0.4, 0.5) is 4.39 Å². The smallest absolute Gasteiger partial charge is 0.123 e. The minimum absolute atomic E-state index is 0. The predicted molar refractivity (Wildman–Crippen MR) is 153 cm³/mol. The van der Waals surface area contributed by atoms with Crippen molar-refractivity contribution in [1.29, 1.82) is 0 Å². The molecule has 192 valence electrons. The molecule has 0 amide bonds. The number of aliphatic imine (C=N–C) groups is 1. The van der Waals surface area contributed by atoms with Crippen LogP contribution in [0.3, 0.4) is 0 Å². The highest BCUT2D eigenvalue weighted by atomic mass is 35.5. The van der Waals surface area contributed by atoms with Gasteiger partial charge in [-0.25, -0.2) is 4.39 Å². The summed E-state index contributed by atoms with van der Waals surface area (Å²) in [5.74, 6) is 0.737. The molecular weight excluding hydrogens is 443 g/mol. The van der Waals surface area contributed by atoms with Crippen LogP contribution in [0, 0.1) is 18.7 Å². The first-order valence-corrected chi connectivity index (χ1v) is 12.8. The molecule has 2 rings (SSSR count). The zero-order valence-electron chi connectivity index (χ0n) is 23.1. The van der Waals surface area contributed by atoms with Crippen LogP contribution in [0.1, 0.15) is 106 Å². The standard InChI is InChI=1S/C20H25FN2.C10H22.ClH/c1-7-13(4)18-14(5)19(16-8-10-17(21)11-9-16)23-20(18)15(6)22-12(2)3;1-4-6-7-8-9-10(3)5-2;/h8-11,23H,7H2,1-6H3;10H,4-9H2,1-3H3;1H/b18-13+,20-15+;;. The number of aromatic amines is 1. The third-order valence-corrected chi connectivity index (χ3v) is 6.34. The molecule has 2 nitrogen and oxygen atoms in total. The van der Waals surface area contributed by atoms with Gasteiger partial charge >= 0.3 is 0 Å². The van der Waals surface area contributed by atoms with Gasteiger partial charge in [-0.05, 0) is 82.3 Å². The van der Waals surface area contributed by atoms with E-state index in [0.29, 0.717) is 0 Å². The fourth-order valence-electron chi connectivity index (χ4n) is 4.00. The molecule has 0 spiro atoms. The molecule has 0 aliphatic heterocycles. The number of nitrogens with one attached hydrogen (secondary N) is 1. The van der Waals surface area contributed by atoms with Gasteiger partial charge in [0.25, 0.3) is 0 Å². The lowest BCUT2D eigenvalue weighted by molar-refractivity contribution is 0.477. The first-order valence-electron chi connectivity index (χ1n) is 12.8. The second-order valence-electron chi connectivity index (χ2n) is 9.52. The van der Waals surface area contributed by atoms with E-state index in [-0.39, 0.29) is 18.2 Å². The lowest BCUT2D eigenvalue weighted by atomic mass is 10.0. The van der Waals surface area contributed by atoms with Gasteiger partial charge in [-0.1, -0.05) is 71.8 Å². The predicted octanol–water partition coefficient (Wildman–Crippen LogP) is 8.74. The summed E-state index contributed by atoms with van der Waals surface area (Å²) >= 11 is 0. The highest BCUT2D eigenvalue weighted by molar-refractivity contribution is 5.85. The van der Waals surface area contributed by atoms with Gasteiger partial charge in [-0.3, -0.25) is 4.99 Å². The summed E-state index contributed by atoms with van der Waals surface area (Å²) in [5.41, 5.74) is 6.54. The fourth-order valence-corrected chi connectivity index (χ4v) is 4.00. The highest BCUT2D eigenvalue weighted by Crippen LogP contribution is 2.19. The van der Waals surface area contributed by atoms with Crippen LogP contribution in [0.25, 0.3) is 22.5 Å². The Kier molecular flexibility index (Phi) is 15.8. The van der Waals surface area contributed by atoms with Crippen LogP contribution in [-0.2, 0) is 0 Å². The molecule has 1 heterocycles. The van der Waals surface area contributed by atoms with Gasteiger partial charge in [-0.2, -0.15) is 0 Å². The van der Waals surface area contributed by atoms with E-state index < -0.39 is 0 Å². The van der Waals surface area contributed by atoms with E-state index in [1.807, 2.05) is 32.9 Å². The molecule has 0 aliphatic carbocycles. The van der Waals surface area contributed by atoms with E-state index in [1.54, 1.807) is 0 Å². The first kappa shape index (κ1) is 32.1. The van der Waals surface area contributed by atoms with Crippen molar-refractivity contribution < 1.29 is 4.39 Å². The summed E-state index contributed by atoms with van der Waals surface area (Å²) < 4.78 is 13.2. The Bertz CT molecular complexity index is 996. The van der Waals surface area contributed by atoms with E-state index in [9.17, 15) is 4.39 Å². The number of hydrogen-bond donors (Lipinski definition) is 1. The second-order valence-corrected chi connectivity index (χ2v) is 9.52. The molecule has 0 fully saturated rings. The lowest BCUT2D eigenvalue weighted by Gasteiger charge is -2.06. The number of hydrogen-bond acceptors (Lipinski definition) is 1. The lowest BCUT2D eigenvalue weighted by Crippen LogP contribution is -2.28. The van der Waals surface area contributed by atoms with E-state index in [4.69, 9.17) is 0 Å². The molecule has 0 radical (unpaired) electrons. The van der Waals surface area contributed by atoms with Crippen LogP contribution in [0.2, 0.25) is 0 Å². The third kappa shape index (κ3) is 10.2. The van der Waals surface area contributed by atoms with Gasteiger partial charge in [0.1, 0.15) is 5.82 Å². The Labute approximate surface area is 214 Å². The molecule has 1 unspecified atom stereocenters. The van der Waals surface area contributed by atoms with E-state index >= 15 is 0 Å². The third-order valence-electron chi connectivity index (χ3n) is 6.34. The van der Waals surface area contributed by atoms with E-state index in [1.165, 1.54) is 67.0 Å². The molecule has 1 aromatic carbocycles. The normalized spacial score (nSPS) is 13.2. The number of halogens is 2. The average molecular weight is 491 g/mol. The Morgan fingerprint density at radius 1 is 0.971 bits per heavy atom. The number of rotatable bonds is 9. The number of aromatic nitrogens is 1. The number of nitrogens with zero attached hydrogens (tertiary/aromatic N) is 1. The van der Waals surface area contributed by atoms with Crippen LogP contribution < -0.4 is 10.6 Å². The summed E-state index contributed by atoms with van der Waals surface area (Å²) in [6, 6.07) is 6.62. The van der Waals surface area contributed by atoms with Gasteiger partial charge in [0.2, 0.25) is 0 Å². The molecule has 1 N–H and O–H groups in total. The van der Waals surface area contributed by atoms with Gasteiger partial charge in [0.15, 0.2) is 0 Å². The van der Waals surface area contributed by atoms with Gasteiger partial charge in [-0.15, -0.1) is 12.4 Å². The molecule has 2 aromatic rings. The molecular formula is C30H48ClFN2. The topological polar surface area (TPSA) is 28.1 Å². The van der Waals surface area contributed by atoms with E-state index in [2.05, 4.69) is 51.5 Å². The minimum Gasteiger partial charge on any atom is -0.353 e. The van der Waals surface area contributed by atoms with Gasteiger partial charge in [0, 0.05) is 16.6 Å². The summed E-state index contributed by atoms with van der Waals surface area (Å²) in [7, 11) is 0. The van der Waals surface area contributed by atoms with Crippen molar-refractivity contribution in [2.24, 2.45) is 10.9 Å². The van der Waals surface area contributed by atoms with Crippen molar-refractivity contribution in [2.45, 2.75) is 107 Å². The van der Waals surface area contributed by atoms with Crippen molar-refractivity contribution >= 4 is 29.4 Å². The molecule has 0 aliphatic rings. The monoisotopic (exact) mass is 490 g/mol. The summed E-state index contributed by atoms with van der Waals surface area (Å²) in [6.45, 7) is 19.4. The molecule has 1 atom stereocenters. The Morgan fingerprint density at radius 3 is 2.09 bits per heavy atom. The Morgan fingerprint density at radius 2 is 1.59 bits per heavy atom. The first-order chi connectivity index (χ1) is 15.7. The average Bonchev–Trinajstić information content (AvgIpc) is 3.13. The molecule has 34 heavy (non-hydrogen) atoms. The number of unbranched alkanes of at least 4 members (excludes halogenated alkanes) is 3. The quantitative estimate of drug-likeness (QED) is 0.269. The Balaban J connectivity index is 0.000000844. The van der Waals surface area contributed by atoms with Gasteiger partial charge in [0.05, 0.1) is 11.0 Å². The van der Waals surface area contributed by atoms with Crippen LogP contribution in [-0.4, -0.2) is 10.7 Å². The van der Waals surface area contributed by atoms with Gasteiger partial charge < -0.3 is 4.98 Å². The largest absolute Gasteiger partial charge is 0.353 e. The fraction of sp³-hybridized carbons (Fsp3) is 0.567. The molecule has 0 saturated heterocycles. The van der Waals surface area contributed by atoms with Crippen molar-refractivity contribution in [3.63, 3.8) is 0 Å². The van der Waals surface area contributed by atoms with Crippen molar-refractivity contribution in [2.75, 3.05) is 0 Å². The Hall–Kier alpha value is -1.87. The van der Waals surface area contributed by atoms with Crippen LogP contribution in [0.15, 0.2) is 29.3 Å². The maximum Gasteiger partial charge on any atom is 0.123 e. The van der Waals surface area contributed by atoms with Crippen molar-refractivity contribution in [3.8, 4) is 11.3 Å².